The van der Waals surface area contributed by atoms with E-state index in [0.29, 0.717) is 0 Å². The van der Waals surface area contributed by atoms with Crippen molar-refractivity contribution in [3.05, 3.63) is 66.5 Å². The molecule has 2 heterocycles. The maximum Gasteiger partial charge on any atom is 0.228 e. The third-order valence-electron chi connectivity index (χ3n) is 5.33. The van der Waals surface area contributed by atoms with Crippen LogP contribution in [-0.4, -0.2) is 50.6 Å². The number of piperidine rings is 1. The molecule has 1 aliphatic rings. The molecule has 0 unspecified atom stereocenters. The van der Waals surface area contributed by atoms with Crippen molar-refractivity contribution in [1.82, 2.24) is 25.1 Å². The summed E-state index contributed by atoms with van der Waals surface area (Å²) in [6.07, 6.45) is 3.76. The number of aromatic nitrogens is 4. The van der Waals surface area contributed by atoms with Crippen LogP contribution in [-0.2, 0) is 11.2 Å². The van der Waals surface area contributed by atoms with Crippen LogP contribution >= 0.6 is 0 Å². The third kappa shape index (κ3) is 5.06. The first-order chi connectivity index (χ1) is 14.3. The first-order valence-corrected chi connectivity index (χ1v) is 10.2. The lowest BCUT2D eigenvalue weighted by Crippen LogP contribution is -2.41. The van der Waals surface area contributed by atoms with Crippen LogP contribution in [0.25, 0.3) is 5.69 Å². The first-order valence-electron chi connectivity index (χ1n) is 10.2. The number of nitrogens with zero attached hydrogens (tertiary/aromatic N) is 5. The standard InChI is InChI=1S/C22H26N6O/c29-22(23-19-10-3-1-4-11-19)18-9-7-15-27(17-18)16-8-14-21-24-25-26-28(21)20-12-5-2-6-13-20/h1-6,10-13,18H,7-9,14-17H2,(H,23,29)/t18-/m0/s1. The highest BCUT2D eigenvalue weighted by Crippen LogP contribution is 2.19. The molecule has 0 bridgehead atoms. The van der Waals surface area contributed by atoms with E-state index in [4.69, 9.17) is 0 Å². The van der Waals surface area contributed by atoms with Gasteiger partial charge in [0, 0.05) is 18.7 Å². The van der Waals surface area contributed by atoms with Crippen molar-refractivity contribution in [1.29, 1.82) is 0 Å². The molecule has 150 valence electrons. The van der Waals surface area contributed by atoms with Gasteiger partial charge in [0.2, 0.25) is 5.91 Å². The Balaban J connectivity index is 1.27. The zero-order valence-corrected chi connectivity index (χ0v) is 16.4. The molecule has 2 aromatic carbocycles. The molecule has 1 N–H and O–H groups in total. The molecule has 1 atom stereocenters. The summed E-state index contributed by atoms with van der Waals surface area (Å²) < 4.78 is 1.80. The Morgan fingerprint density at radius 1 is 1.07 bits per heavy atom. The van der Waals surface area contributed by atoms with Crippen LogP contribution in [0.2, 0.25) is 0 Å². The van der Waals surface area contributed by atoms with Crippen LogP contribution in [0, 0.1) is 5.92 Å². The molecule has 0 radical (unpaired) electrons. The summed E-state index contributed by atoms with van der Waals surface area (Å²) in [6, 6.07) is 19.6. The molecule has 3 aromatic rings. The molecule has 0 spiro atoms. The average Bonchev–Trinajstić information content (AvgIpc) is 3.24. The van der Waals surface area contributed by atoms with Gasteiger partial charge in [-0.3, -0.25) is 4.79 Å². The largest absolute Gasteiger partial charge is 0.326 e. The van der Waals surface area contributed by atoms with Gasteiger partial charge in [0.15, 0.2) is 5.82 Å². The van der Waals surface area contributed by atoms with Crippen molar-refractivity contribution < 1.29 is 4.79 Å². The number of hydrogen-bond donors (Lipinski definition) is 1. The van der Waals surface area contributed by atoms with Gasteiger partial charge < -0.3 is 10.2 Å². The molecular formula is C22H26N6O. The number of benzene rings is 2. The fourth-order valence-corrected chi connectivity index (χ4v) is 3.83. The number of para-hydroxylation sites is 2. The van der Waals surface area contributed by atoms with Gasteiger partial charge in [-0.15, -0.1) is 5.10 Å². The van der Waals surface area contributed by atoms with Gasteiger partial charge in [0.05, 0.1) is 11.6 Å². The number of carbonyl (C=O) groups excluding carboxylic acids is 1. The highest BCUT2D eigenvalue weighted by molar-refractivity contribution is 5.92. The first kappa shape index (κ1) is 19.3. The molecule has 0 saturated carbocycles. The predicted molar refractivity (Wildman–Crippen MR) is 112 cm³/mol. The second-order valence-electron chi connectivity index (χ2n) is 7.44. The summed E-state index contributed by atoms with van der Waals surface area (Å²) in [4.78, 5) is 15.0. The van der Waals surface area contributed by atoms with E-state index in [1.165, 1.54) is 0 Å². The van der Waals surface area contributed by atoms with Gasteiger partial charge >= 0.3 is 0 Å². The predicted octanol–water partition coefficient (Wildman–Crippen LogP) is 2.95. The minimum absolute atomic E-state index is 0.0404. The molecule has 0 aliphatic carbocycles. The molecule has 7 nitrogen and oxygen atoms in total. The van der Waals surface area contributed by atoms with E-state index >= 15 is 0 Å². The number of anilines is 1. The highest BCUT2D eigenvalue weighted by atomic mass is 16.1. The number of hydrogen-bond acceptors (Lipinski definition) is 5. The molecule has 1 saturated heterocycles. The van der Waals surface area contributed by atoms with E-state index in [1.807, 2.05) is 60.7 Å². The quantitative estimate of drug-likeness (QED) is 0.671. The van der Waals surface area contributed by atoms with Gasteiger partial charge in [-0.2, -0.15) is 4.68 Å². The maximum atomic E-state index is 12.6. The summed E-state index contributed by atoms with van der Waals surface area (Å²) in [5.74, 6) is 1.03. The molecular weight excluding hydrogens is 364 g/mol. The minimum atomic E-state index is 0.0404. The SMILES string of the molecule is O=C(Nc1ccccc1)[C@H]1CCCN(CCCc2nnnn2-c2ccccc2)C1. The van der Waals surface area contributed by atoms with Crippen molar-refractivity contribution in [3.8, 4) is 5.69 Å². The van der Waals surface area contributed by atoms with Crippen LogP contribution in [0.1, 0.15) is 25.1 Å². The summed E-state index contributed by atoms with van der Waals surface area (Å²) in [5.41, 5.74) is 1.84. The number of carbonyl (C=O) groups is 1. The van der Waals surface area contributed by atoms with Crippen LogP contribution in [0.5, 0.6) is 0 Å². The zero-order chi connectivity index (χ0) is 19.9. The summed E-state index contributed by atoms with van der Waals surface area (Å²) in [6.45, 7) is 2.79. The van der Waals surface area contributed by atoms with Crippen molar-refractivity contribution in [2.24, 2.45) is 5.92 Å². The third-order valence-corrected chi connectivity index (χ3v) is 5.33. The Morgan fingerprint density at radius 2 is 1.83 bits per heavy atom. The lowest BCUT2D eigenvalue weighted by Gasteiger charge is -2.31. The summed E-state index contributed by atoms with van der Waals surface area (Å²) in [5, 5.41) is 15.2. The Hall–Kier alpha value is -3.06. The second-order valence-corrected chi connectivity index (χ2v) is 7.44. The number of amides is 1. The lowest BCUT2D eigenvalue weighted by atomic mass is 9.96. The molecule has 7 heteroatoms. The maximum absolute atomic E-state index is 12.6. The van der Waals surface area contributed by atoms with Gasteiger partial charge in [-0.25, -0.2) is 0 Å². The topological polar surface area (TPSA) is 75.9 Å². The van der Waals surface area contributed by atoms with Crippen LogP contribution in [0.4, 0.5) is 5.69 Å². The van der Waals surface area contributed by atoms with E-state index in [2.05, 4.69) is 25.7 Å². The number of nitrogens with one attached hydrogen (secondary N) is 1. The normalized spacial score (nSPS) is 17.2. The number of likely N-dealkylation sites (tertiary alicyclic amines) is 1. The van der Waals surface area contributed by atoms with E-state index in [9.17, 15) is 4.79 Å². The Labute approximate surface area is 170 Å². The van der Waals surface area contributed by atoms with Crippen molar-refractivity contribution in [2.75, 3.05) is 25.0 Å². The van der Waals surface area contributed by atoms with E-state index in [0.717, 1.165) is 62.5 Å². The smallest absolute Gasteiger partial charge is 0.228 e. The molecule has 1 aromatic heterocycles. The highest BCUT2D eigenvalue weighted by Gasteiger charge is 2.25. The fraction of sp³-hybridized carbons (Fsp3) is 0.364. The Morgan fingerprint density at radius 3 is 2.62 bits per heavy atom. The number of rotatable bonds is 7. The lowest BCUT2D eigenvalue weighted by molar-refractivity contribution is -0.121. The number of tetrazole rings is 1. The van der Waals surface area contributed by atoms with E-state index < -0.39 is 0 Å². The fourth-order valence-electron chi connectivity index (χ4n) is 3.83. The molecule has 1 amide bonds. The Bertz CT molecular complexity index is 911. The number of aryl methyl sites for hydroxylation is 1. The van der Waals surface area contributed by atoms with Gasteiger partial charge in [-0.05, 0) is 67.0 Å². The second kappa shape index (κ2) is 9.43. The molecule has 29 heavy (non-hydrogen) atoms. The van der Waals surface area contributed by atoms with Crippen LogP contribution in [0.3, 0.4) is 0 Å². The molecule has 4 rings (SSSR count). The van der Waals surface area contributed by atoms with Gasteiger partial charge in [-0.1, -0.05) is 36.4 Å². The molecule has 1 fully saturated rings. The van der Waals surface area contributed by atoms with Crippen molar-refractivity contribution in [3.63, 3.8) is 0 Å². The van der Waals surface area contributed by atoms with Gasteiger partial charge in [0.1, 0.15) is 0 Å². The van der Waals surface area contributed by atoms with E-state index in [1.54, 1.807) is 4.68 Å². The summed E-state index contributed by atoms with van der Waals surface area (Å²) >= 11 is 0. The molecule has 1 aliphatic heterocycles. The van der Waals surface area contributed by atoms with Crippen LogP contribution < -0.4 is 5.32 Å². The van der Waals surface area contributed by atoms with E-state index in [-0.39, 0.29) is 11.8 Å². The van der Waals surface area contributed by atoms with Gasteiger partial charge in [0.25, 0.3) is 0 Å². The summed E-state index contributed by atoms with van der Waals surface area (Å²) in [7, 11) is 0. The Kier molecular flexibility index (Phi) is 6.26. The minimum Gasteiger partial charge on any atom is -0.326 e. The zero-order valence-electron chi connectivity index (χ0n) is 16.4. The van der Waals surface area contributed by atoms with Crippen molar-refractivity contribution in [2.45, 2.75) is 25.7 Å². The van der Waals surface area contributed by atoms with Crippen LogP contribution in [0.15, 0.2) is 60.7 Å². The average molecular weight is 390 g/mol. The van der Waals surface area contributed by atoms with Crippen molar-refractivity contribution >= 4 is 11.6 Å². The monoisotopic (exact) mass is 390 g/mol.